The second kappa shape index (κ2) is 7.89. The third-order valence-corrected chi connectivity index (χ3v) is 4.78. The Balaban J connectivity index is 1.59. The number of urea groups is 1. The minimum Gasteiger partial charge on any atom is -0.393 e. The van der Waals surface area contributed by atoms with Gasteiger partial charge in [0.15, 0.2) is 0 Å². The number of morpholine rings is 1. The van der Waals surface area contributed by atoms with E-state index in [0.717, 1.165) is 17.6 Å². The summed E-state index contributed by atoms with van der Waals surface area (Å²) in [4.78, 5) is 17.7. The van der Waals surface area contributed by atoms with E-state index in [1.54, 1.807) is 11.8 Å². The number of para-hydroxylation sites is 1. The van der Waals surface area contributed by atoms with Gasteiger partial charge in [0.2, 0.25) is 0 Å². The second-order valence-electron chi connectivity index (χ2n) is 6.76. The number of hydrogen-bond acceptors (Lipinski definition) is 3. The van der Waals surface area contributed by atoms with Gasteiger partial charge < -0.3 is 25.0 Å². The number of hydrogen-bond donors (Lipinski definition) is 3. The molecule has 0 radical (unpaired) electrons. The third-order valence-electron chi connectivity index (χ3n) is 4.78. The number of benzene rings is 1. The van der Waals surface area contributed by atoms with Crippen molar-refractivity contribution in [3.05, 3.63) is 35.5 Å². The van der Waals surface area contributed by atoms with Gasteiger partial charge >= 0.3 is 6.03 Å². The van der Waals surface area contributed by atoms with Crippen LogP contribution >= 0.6 is 0 Å². The molecule has 3 rings (SSSR count). The molecule has 0 unspecified atom stereocenters. The molecule has 1 aliphatic heterocycles. The molecule has 1 aliphatic rings. The van der Waals surface area contributed by atoms with Crippen LogP contribution in [0.2, 0.25) is 0 Å². The number of nitrogens with zero attached hydrogens (tertiary/aromatic N) is 1. The zero-order valence-electron chi connectivity index (χ0n) is 14.9. The highest BCUT2D eigenvalue weighted by molar-refractivity contribution is 5.84. The molecule has 2 heterocycles. The SMILES string of the molecule is Cc1[nH]c2ccccc2c1CCNC(=O)N1CCOC[C@H]1C[C@H](C)O. The molecule has 1 fully saturated rings. The fraction of sp³-hybridized carbons (Fsp3) is 0.526. The van der Waals surface area contributed by atoms with Crippen molar-refractivity contribution in [2.45, 2.75) is 38.8 Å². The molecule has 136 valence electrons. The van der Waals surface area contributed by atoms with Gasteiger partial charge in [-0.15, -0.1) is 0 Å². The van der Waals surface area contributed by atoms with Gasteiger partial charge in [-0.25, -0.2) is 4.79 Å². The zero-order chi connectivity index (χ0) is 17.8. The van der Waals surface area contributed by atoms with Crippen LogP contribution in [-0.2, 0) is 11.2 Å². The van der Waals surface area contributed by atoms with E-state index in [1.807, 2.05) is 12.1 Å². The van der Waals surface area contributed by atoms with Gasteiger partial charge in [-0.05, 0) is 38.3 Å². The summed E-state index contributed by atoms with van der Waals surface area (Å²) < 4.78 is 5.45. The molecule has 2 atom stereocenters. The summed E-state index contributed by atoms with van der Waals surface area (Å²) in [6, 6.07) is 8.08. The van der Waals surface area contributed by atoms with Crippen LogP contribution < -0.4 is 5.32 Å². The normalized spacial score (nSPS) is 19.2. The maximum absolute atomic E-state index is 12.5. The summed E-state index contributed by atoms with van der Waals surface area (Å²) in [6.07, 6.45) is 0.873. The van der Waals surface area contributed by atoms with Crippen LogP contribution in [0.3, 0.4) is 0 Å². The van der Waals surface area contributed by atoms with Crippen LogP contribution in [0, 0.1) is 6.92 Å². The predicted molar refractivity (Wildman–Crippen MR) is 97.7 cm³/mol. The first kappa shape index (κ1) is 17.8. The summed E-state index contributed by atoms with van der Waals surface area (Å²) in [5, 5.41) is 13.9. The van der Waals surface area contributed by atoms with Gasteiger partial charge in [-0.3, -0.25) is 0 Å². The molecule has 1 aromatic carbocycles. The molecular weight excluding hydrogens is 318 g/mol. The Labute approximate surface area is 148 Å². The van der Waals surface area contributed by atoms with E-state index in [2.05, 4.69) is 29.4 Å². The predicted octanol–water partition coefficient (Wildman–Crippen LogP) is 2.20. The first-order chi connectivity index (χ1) is 12.1. The third kappa shape index (κ3) is 4.14. The number of fused-ring (bicyclic) bond motifs is 1. The molecule has 3 N–H and O–H groups in total. The van der Waals surface area contributed by atoms with Gasteiger partial charge in [0.05, 0.1) is 25.4 Å². The Hall–Kier alpha value is -2.05. The first-order valence-electron chi connectivity index (χ1n) is 8.92. The number of ether oxygens (including phenoxy) is 1. The minimum absolute atomic E-state index is 0.0661. The summed E-state index contributed by atoms with van der Waals surface area (Å²) in [6.45, 7) is 5.99. The number of aromatic amines is 1. The Kier molecular flexibility index (Phi) is 5.60. The van der Waals surface area contributed by atoms with Crippen LogP contribution in [-0.4, -0.2) is 59.5 Å². The van der Waals surface area contributed by atoms with Crippen LogP contribution in [0.1, 0.15) is 24.6 Å². The standard InChI is InChI=1S/C19H27N3O3/c1-13(23)11-15-12-25-10-9-22(15)19(24)20-8-7-16-14(2)21-18-6-4-3-5-17(16)18/h3-6,13,15,21,23H,7-12H2,1-2H3,(H,20,24)/t13-,15+/m0/s1. The number of amides is 2. The molecule has 1 aromatic heterocycles. The van der Waals surface area contributed by atoms with Gasteiger partial charge in [-0.2, -0.15) is 0 Å². The van der Waals surface area contributed by atoms with E-state index in [0.29, 0.717) is 32.7 Å². The zero-order valence-corrected chi connectivity index (χ0v) is 14.9. The first-order valence-corrected chi connectivity index (χ1v) is 8.92. The number of aliphatic hydroxyl groups excluding tert-OH is 1. The number of aliphatic hydroxyl groups is 1. The maximum Gasteiger partial charge on any atom is 0.317 e. The van der Waals surface area contributed by atoms with Gasteiger partial charge in [0.1, 0.15) is 0 Å². The fourth-order valence-corrected chi connectivity index (χ4v) is 3.56. The van der Waals surface area contributed by atoms with Gasteiger partial charge in [0, 0.05) is 29.7 Å². The van der Waals surface area contributed by atoms with Crippen molar-refractivity contribution in [2.75, 3.05) is 26.3 Å². The van der Waals surface area contributed by atoms with Crippen LogP contribution in [0.15, 0.2) is 24.3 Å². The molecule has 6 heteroatoms. The van der Waals surface area contributed by atoms with Crippen LogP contribution in [0.5, 0.6) is 0 Å². The van der Waals surface area contributed by atoms with Crippen molar-refractivity contribution < 1.29 is 14.6 Å². The van der Waals surface area contributed by atoms with Crippen LogP contribution in [0.25, 0.3) is 10.9 Å². The molecule has 0 aliphatic carbocycles. The summed E-state index contributed by atoms with van der Waals surface area (Å²) in [7, 11) is 0. The Morgan fingerprint density at radius 2 is 2.28 bits per heavy atom. The van der Waals surface area contributed by atoms with E-state index in [4.69, 9.17) is 4.74 Å². The number of carbonyl (C=O) groups is 1. The average molecular weight is 345 g/mol. The lowest BCUT2D eigenvalue weighted by atomic mass is 10.1. The fourth-order valence-electron chi connectivity index (χ4n) is 3.56. The Bertz CT molecular complexity index is 726. The Morgan fingerprint density at radius 1 is 1.48 bits per heavy atom. The number of H-pyrrole nitrogens is 1. The molecule has 25 heavy (non-hydrogen) atoms. The van der Waals surface area contributed by atoms with Gasteiger partial charge in [0.25, 0.3) is 0 Å². The van der Waals surface area contributed by atoms with Crippen LogP contribution in [0.4, 0.5) is 4.79 Å². The highest BCUT2D eigenvalue weighted by Crippen LogP contribution is 2.22. The lowest BCUT2D eigenvalue weighted by Gasteiger charge is -2.36. The van der Waals surface area contributed by atoms with Crippen molar-refractivity contribution in [3.8, 4) is 0 Å². The van der Waals surface area contributed by atoms with Gasteiger partial charge in [-0.1, -0.05) is 18.2 Å². The molecule has 1 saturated heterocycles. The van der Waals surface area contributed by atoms with Crippen molar-refractivity contribution in [3.63, 3.8) is 0 Å². The molecule has 0 saturated carbocycles. The average Bonchev–Trinajstić information content (AvgIpc) is 2.90. The molecule has 0 bridgehead atoms. The lowest BCUT2D eigenvalue weighted by molar-refractivity contribution is -0.00425. The van der Waals surface area contributed by atoms with Crippen molar-refractivity contribution in [2.24, 2.45) is 0 Å². The van der Waals surface area contributed by atoms with Crippen molar-refractivity contribution in [1.29, 1.82) is 0 Å². The molecular formula is C19H27N3O3. The number of aryl methyl sites for hydroxylation is 1. The van der Waals surface area contributed by atoms with Crippen molar-refractivity contribution in [1.82, 2.24) is 15.2 Å². The van der Waals surface area contributed by atoms with E-state index in [1.165, 1.54) is 10.9 Å². The monoisotopic (exact) mass is 345 g/mol. The maximum atomic E-state index is 12.5. The molecule has 2 aromatic rings. The molecule has 0 spiro atoms. The number of carbonyl (C=O) groups excluding carboxylic acids is 1. The number of rotatable bonds is 5. The van der Waals surface area contributed by atoms with E-state index < -0.39 is 6.10 Å². The number of aromatic nitrogens is 1. The topological polar surface area (TPSA) is 77.6 Å². The molecule has 2 amide bonds. The smallest absolute Gasteiger partial charge is 0.317 e. The molecule has 6 nitrogen and oxygen atoms in total. The number of nitrogens with one attached hydrogen (secondary N) is 2. The summed E-state index contributed by atoms with van der Waals surface area (Å²) in [5.41, 5.74) is 3.53. The van der Waals surface area contributed by atoms with E-state index >= 15 is 0 Å². The highest BCUT2D eigenvalue weighted by atomic mass is 16.5. The summed E-state index contributed by atoms with van der Waals surface area (Å²) >= 11 is 0. The lowest BCUT2D eigenvalue weighted by Crippen LogP contribution is -2.53. The van der Waals surface area contributed by atoms with E-state index in [9.17, 15) is 9.90 Å². The highest BCUT2D eigenvalue weighted by Gasteiger charge is 2.28. The van der Waals surface area contributed by atoms with E-state index in [-0.39, 0.29) is 12.1 Å². The largest absolute Gasteiger partial charge is 0.393 e. The Morgan fingerprint density at radius 3 is 3.08 bits per heavy atom. The quantitative estimate of drug-likeness (QED) is 0.777. The van der Waals surface area contributed by atoms with Crippen molar-refractivity contribution >= 4 is 16.9 Å². The minimum atomic E-state index is -0.448. The second-order valence-corrected chi connectivity index (χ2v) is 6.76. The summed E-state index contributed by atoms with van der Waals surface area (Å²) in [5.74, 6) is 0.